The number of carbonyl (C=O) groups is 3. The molecule has 3 amide bonds. The Balaban J connectivity index is 1.28. The number of halogens is 1. The van der Waals surface area contributed by atoms with Crippen LogP contribution >= 0.6 is 22.9 Å². The van der Waals surface area contributed by atoms with Gasteiger partial charge in [-0.1, -0.05) is 29.8 Å². The molecule has 0 radical (unpaired) electrons. The Morgan fingerprint density at radius 3 is 2.44 bits per heavy atom. The van der Waals surface area contributed by atoms with Crippen molar-refractivity contribution in [3.63, 3.8) is 0 Å². The maximum Gasteiger partial charge on any atom is 0.271 e. The Bertz CT molecular complexity index is 1640. The molecule has 1 fully saturated rings. The van der Waals surface area contributed by atoms with Crippen LogP contribution in [-0.4, -0.2) is 41.8 Å². The van der Waals surface area contributed by atoms with Crippen molar-refractivity contribution in [1.29, 1.82) is 0 Å². The van der Waals surface area contributed by atoms with Crippen molar-refractivity contribution in [1.82, 2.24) is 10.9 Å². The van der Waals surface area contributed by atoms with E-state index in [0.717, 1.165) is 10.4 Å². The first-order valence-electron chi connectivity index (χ1n) is 12.6. The van der Waals surface area contributed by atoms with E-state index in [1.54, 1.807) is 53.6 Å². The van der Waals surface area contributed by atoms with Crippen molar-refractivity contribution in [2.75, 3.05) is 11.4 Å². The molecular weight excluding hydrogens is 562 g/mol. The zero-order valence-corrected chi connectivity index (χ0v) is 23.1. The molecule has 3 aromatic carbocycles. The van der Waals surface area contributed by atoms with E-state index in [4.69, 9.17) is 11.6 Å². The lowest BCUT2D eigenvalue weighted by Crippen LogP contribution is -2.27. The van der Waals surface area contributed by atoms with Crippen molar-refractivity contribution < 1.29 is 19.5 Å². The minimum atomic E-state index is -0.464. The number of amides is 3. The first kappa shape index (κ1) is 27.8. The second-order valence-electron chi connectivity index (χ2n) is 9.12. The van der Waals surface area contributed by atoms with Crippen LogP contribution in [0.1, 0.15) is 49.1 Å². The lowest BCUT2D eigenvalue weighted by atomic mass is 9.93. The number of anilines is 1. The molecule has 0 bridgehead atoms. The lowest BCUT2D eigenvalue weighted by Gasteiger charge is -2.18. The molecule has 1 aliphatic rings. The van der Waals surface area contributed by atoms with Gasteiger partial charge in [0.1, 0.15) is 5.75 Å². The fraction of sp³-hybridized carbons (Fsp3) is 0.100. The second kappa shape index (κ2) is 12.6. The number of carbonyl (C=O) groups excluding carboxylic acids is 3. The number of aromatic hydroxyl groups is 1. The van der Waals surface area contributed by atoms with Crippen molar-refractivity contribution in [2.24, 2.45) is 10.2 Å². The molecule has 206 valence electrons. The molecule has 2 heterocycles. The molecule has 1 aromatic heterocycles. The first-order chi connectivity index (χ1) is 19.9. The number of nitrogens with one attached hydrogen (secondary N) is 2. The van der Waals surface area contributed by atoms with E-state index in [2.05, 4.69) is 21.1 Å². The highest BCUT2D eigenvalue weighted by atomic mass is 35.5. The molecule has 5 rings (SSSR count). The van der Waals surface area contributed by atoms with E-state index < -0.39 is 11.8 Å². The van der Waals surface area contributed by atoms with Crippen LogP contribution in [0.3, 0.4) is 0 Å². The van der Waals surface area contributed by atoms with Gasteiger partial charge in [-0.15, -0.1) is 11.3 Å². The van der Waals surface area contributed by atoms with Gasteiger partial charge in [-0.05, 0) is 83.6 Å². The minimum absolute atomic E-state index is 0.0536. The number of benzene rings is 3. The van der Waals surface area contributed by atoms with Gasteiger partial charge in [0.15, 0.2) is 0 Å². The van der Waals surface area contributed by atoms with Gasteiger partial charge in [0, 0.05) is 33.3 Å². The average molecular weight is 586 g/mol. The quantitative estimate of drug-likeness (QED) is 0.195. The topological polar surface area (TPSA) is 123 Å². The number of hydrogen-bond acceptors (Lipinski definition) is 7. The van der Waals surface area contributed by atoms with Crippen LogP contribution in [0.2, 0.25) is 5.02 Å². The third-order valence-corrected chi connectivity index (χ3v) is 7.49. The summed E-state index contributed by atoms with van der Waals surface area (Å²) in [6, 6.07) is 21.6. The number of thiophene rings is 1. The third-order valence-electron chi connectivity index (χ3n) is 6.45. The molecular formula is C30H24ClN5O4S. The van der Waals surface area contributed by atoms with Crippen molar-refractivity contribution in [3.8, 4) is 5.75 Å². The summed E-state index contributed by atoms with van der Waals surface area (Å²) < 4.78 is 0. The molecule has 0 spiro atoms. The molecule has 1 aliphatic heterocycles. The van der Waals surface area contributed by atoms with Gasteiger partial charge in [0.25, 0.3) is 11.8 Å². The SMILES string of the molecule is O=C(N/N=C/c1cc(Cl)ccc1C1CCN(c2cccc(C(=O)N/N=C/c3cccs3)c2)C1=O)c1ccc(O)cc1. The van der Waals surface area contributed by atoms with Crippen LogP contribution < -0.4 is 15.8 Å². The summed E-state index contributed by atoms with van der Waals surface area (Å²) in [5, 5.41) is 19.9. The molecule has 41 heavy (non-hydrogen) atoms. The fourth-order valence-corrected chi connectivity index (χ4v) is 5.20. The van der Waals surface area contributed by atoms with E-state index >= 15 is 0 Å². The van der Waals surface area contributed by atoms with E-state index in [0.29, 0.717) is 40.4 Å². The van der Waals surface area contributed by atoms with Gasteiger partial charge < -0.3 is 10.0 Å². The normalized spacial score (nSPS) is 15.1. The Kier molecular flexibility index (Phi) is 8.52. The molecule has 9 nitrogen and oxygen atoms in total. The highest BCUT2D eigenvalue weighted by Crippen LogP contribution is 2.34. The molecule has 4 aromatic rings. The summed E-state index contributed by atoms with van der Waals surface area (Å²) in [4.78, 5) is 41.1. The van der Waals surface area contributed by atoms with E-state index in [9.17, 15) is 19.5 Å². The maximum atomic E-state index is 13.6. The Morgan fingerprint density at radius 2 is 1.68 bits per heavy atom. The fourth-order valence-electron chi connectivity index (χ4n) is 4.44. The molecule has 1 unspecified atom stereocenters. The summed E-state index contributed by atoms with van der Waals surface area (Å²) in [7, 11) is 0. The highest BCUT2D eigenvalue weighted by Gasteiger charge is 2.35. The van der Waals surface area contributed by atoms with Crippen LogP contribution in [0.4, 0.5) is 5.69 Å². The van der Waals surface area contributed by atoms with Crippen LogP contribution in [0.25, 0.3) is 0 Å². The molecule has 3 N–H and O–H groups in total. The Hall–Kier alpha value is -4.80. The first-order valence-corrected chi connectivity index (χ1v) is 13.8. The minimum Gasteiger partial charge on any atom is -0.508 e. The van der Waals surface area contributed by atoms with E-state index in [1.165, 1.54) is 41.8 Å². The summed E-state index contributed by atoms with van der Waals surface area (Å²) in [6.07, 6.45) is 3.58. The van der Waals surface area contributed by atoms with Crippen molar-refractivity contribution in [2.45, 2.75) is 12.3 Å². The van der Waals surface area contributed by atoms with Gasteiger partial charge in [0.05, 0.1) is 18.3 Å². The third kappa shape index (κ3) is 6.68. The van der Waals surface area contributed by atoms with Gasteiger partial charge in [-0.25, -0.2) is 10.9 Å². The van der Waals surface area contributed by atoms with E-state index in [-0.39, 0.29) is 17.6 Å². The Labute approximate surface area is 244 Å². The molecule has 11 heteroatoms. The molecule has 1 atom stereocenters. The zero-order valence-electron chi connectivity index (χ0n) is 21.5. The van der Waals surface area contributed by atoms with Gasteiger partial charge in [0.2, 0.25) is 5.91 Å². The summed E-state index contributed by atoms with van der Waals surface area (Å²) >= 11 is 7.74. The molecule has 0 saturated carbocycles. The van der Waals surface area contributed by atoms with Crippen LogP contribution in [-0.2, 0) is 4.79 Å². The van der Waals surface area contributed by atoms with Crippen LogP contribution in [0, 0.1) is 0 Å². The number of phenols is 1. The highest BCUT2D eigenvalue weighted by molar-refractivity contribution is 7.11. The number of rotatable bonds is 8. The summed E-state index contributed by atoms with van der Waals surface area (Å²) in [5.74, 6) is -1.36. The number of phenolic OH excluding ortho intramolecular Hbond substituents is 1. The van der Waals surface area contributed by atoms with Gasteiger partial charge in [-0.3, -0.25) is 14.4 Å². The van der Waals surface area contributed by atoms with Crippen molar-refractivity contribution >= 4 is 58.8 Å². The number of nitrogens with zero attached hydrogens (tertiary/aromatic N) is 3. The monoisotopic (exact) mass is 585 g/mol. The number of hydrazone groups is 2. The lowest BCUT2D eigenvalue weighted by molar-refractivity contribution is -0.118. The summed E-state index contributed by atoms with van der Waals surface area (Å²) in [6.45, 7) is 0.460. The molecule has 0 aliphatic carbocycles. The van der Waals surface area contributed by atoms with Crippen LogP contribution in [0.5, 0.6) is 5.75 Å². The Morgan fingerprint density at radius 1 is 0.927 bits per heavy atom. The number of hydrogen-bond donors (Lipinski definition) is 3. The van der Waals surface area contributed by atoms with Gasteiger partial charge >= 0.3 is 0 Å². The average Bonchev–Trinajstić information content (AvgIpc) is 3.63. The largest absolute Gasteiger partial charge is 0.508 e. The van der Waals surface area contributed by atoms with Crippen molar-refractivity contribution in [3.05, 3.63) is 116 Å². The molecule has 1 saturated heterocycles. The standard InChI is InChI=1S/C30H24ClN5O4S/c31-22-8-11-26(21(15-22)17-32-34-28(38)19-6-9-24(37)10-7-19)27-12-13-36(30(27)40)23-4-1-3-20(16-23)29(39)35-33-18-25-5-2-14-41-25/h1-11,14-18,27,37H,12-13H2,(H,34,38)(H,35,39)/b32-17+,33-18+. The second-order valence-corrected chi connectivity index (χ2v) is 10.5. The maximum absolute atomic E-state index is 13.6. The van der Waals surface area contributed by atoms with E-state index in [1.807, 2.05) is 17.5 Å². The summed E-state index contributed by atoms with van der Waals surface area (Å²) in [5.41, 5.74) is 7.61. The van der Waals surface area contributed by atoms with Gasteiger partial charge in [-0.2, -0.15) is 10.2 Å². The predicted octanol–water partition coefficient (Wildman–Crippen LogP) is 5.16. The smallest absolute Gasteiger partial charge is 0.271 e. The van der Waals surface area contributed by atoms with Crippen LogP contribution in [0.15, 0.2) is 94.4 Å². The zero-order chi connectivity index (χ0) is 28.8. The predicted molar refractivity (Wildman–Crippen MR) is 160 cm³/mol.